The quantitative estimate of drug-likeness (QED) is 0.909. The Morgan fingerprint density at radius 2 is 2.20 bits per heavy atom. The van der Waals surface area contributed by atoms with Crippen LogP contribution in [0.1, 0.15) is 57.6 Å². The Kier molecular flexibility index (Phi) is 4.25. The minimum Gasteiger partial charge on any atom is -0.353 e. The monoisotopic (exact) mass is 273 g/mol. The Morgan fingerprint density at radius 1 is 1.35 bits per heavy atom. The van der Waals surface area contributed by atoms with Gasteiger partial charge in [0.15, 0.2) is 0 Å². The van der Waals surface area contributed by atoms with Crippen molar-refractivity contribution in [2.45, 2.75) is 58.0 Å². The van der Waals surface area contributed by atoms with Gasteiger partial charge in [-0.25, -0.2) is 4.98 Å². The maximum absolute atomic E-state index is 4.74. The van der Waals surface area contributed by atoms with Crippen molar-refractivity contribution in [2.24, 2.45) is 5.92 Å². The number of anilines is 1. The van der Waals surface area contributed by atoms with Gasteiger partial charge in [-0.15, -0.1) is 0 Å². The first kappa shape index (κ1) is 13.9. The van der Waals surface area contributed by atoms with Crippen molar-refractivity contribution in [3.05, 3.63) is 23.9 Å². The summed E-state index contributed by atoms with van der Waals surface area (Å²) in [5.74, 6) is 2.14. The van der Waals surface area contributed by atoms with Crippen LogP contribution in [0, 0.1) is 5.92 Å². The number of aromatic nitrogens is 1. The Hall–Kier alpha value is -1.09. The average Bonchev–Trinajstić information content (AvgIpc) is 2.91. The molecule has 3 unspecified atom stereocenters. The van der Waals surface area contributed by atoms with E-state index in [0.717, 1.165) is 18.5 Å². The molecule has 1 saturated carbocycles. The lowest BCUT2D eigenvalue weighted by Crippen LogP contribution is -2.36. The van der Waals surface area contributed by atoms with Crippen molar-refractivity contribution in [1.29, 1.82) is 0 Å². The third kappa shape index (κ3) is 2.56. The molecule has 0 amide bonds. The highest BCUT2D eigenvalue weighted by molar-refractivity contribution is 5.50. The molecule has 2 heterocycles. The van der Waals surface area contributed by atoms with Crippen LogP contribution in [0.2, 0.25) is 0 Å². The molecule has 2 fully saturated rings. The number of nitrogens with zero attached hydrogens (tertiary/aromatic N) is 2. The van der Waals surface area contributed by atoms with Crippen LogP contribution < -0.4 is 10.2 Å². The molecule has 0 bridgehead atoms. The molecule has 1 aliphatic heterocycles. The van der Waals surface area contributed by atoms with Gasteiger partial charge < -0.3 is 10.2 Å². The first-order chi connectivity index (χ1) is 9.81. The lowest BCUT2D eigenvalue weighted by molar-refractivity contribution is 0.341. The van der Waals surface area contributed by atoms with E-state index in [1.807, 2.05) is 6.20 Å². The highest BCUT2D eigenvalue weighted by Gasteiger charge is 2.37. The second-order valence-corrected chi connectivity index (χ2v) is 6.29. The lowest BCUT2D eigenvalue weighted by atomic mass is 9.85. The van der Waals surface area contributed by atoms with Gasteiger partial charge in [-0.3, -0.25) is 0 Å². The van der Waals surface area contributed by atoms with Gasteiger partial charge in [0, 0.05) is 30.4 Å². The lowest BCUT2D eigenvalue weighted by Gasteiger charge is -2.34. The van der Waals surface area contributed by atoms with Crippen LogP contribution in [0.4, 0.5) is 5.82 Å². The molecule has 1 saturated heterocycles. The summed E-state index contributed by atoms with van der Waals surface area (Å²) in [6.07, 6.45) is 8.91. The van der Waals surface area contributed by atoms with Crippen LogP contribution in [0.25, 0.3) is 0 Å². The molecular weight excluding hydrogens is 246 g/mol. The molecule has 3 heteroatoms. The summed E-state index contributed by atoms with van der Waals surface area (Å²) in [4.78, 5) is 7.35. The first-order valence-corrected chi connectivity index (χ1v) is 8.26. The van der Waals surface area contributed by atoms with Gasteiger partial charge in [0.1, 0.15) is 5.82 Å². The predicted octanol–water partition coefficient (Wildman–Crippen LogP) is 3.52. The average molecular weight is 273 g/mol. The Balaban J connectivity index is 1.86. The van der Waals surface area contributed by atoms with Crippen molar-refractivity contribution in [3.8, 4) is 0 Å². The molecular formula is C17H27N3. The molecule has 0 aromatic carbocycles. The van der Waals surface area contributed by atoms with E-state index in [1.54, 1.807) is 0 Å². The number of pyridine rings is 1. The molecule has 2 aliphatic rings. The zero-order valence-electron chi connectivity index (χ0n) is 12.8. The van der Waals surface area contributed by atoms with Crippen LogP contribution in [-0.4, -0.2) is 24.1 Å². The third-order valence-electron chi connectivity index (χ3n) is 5.08. The van der Waals surface area contributed by atoms with E-state index in [2.05, 4.69) is 36.2 Å². The summed E-state index contributed by atoms with van der Waals surface area (Å²) in [5, 5.41) is 3.53. The fraction of sp³-hybridized carbons (Fsp3) is 0.706. The predicted molar refractivity (Wildman–Crippen MR) is 84.0 cm³/mol. The second-order valence-electron chi connectivity index (χ2n) is 6.29. The molecule has 1 N–H and O–H groups in total. The van der Waals surface area contributed by atoms with Crippen LogP contribution in [0.15, 0.2) is 18.3 Å². The van der Waals surface area contributed by atoms with Crippen LogP contribution in [-0.2, 0) is 0 Å². The zero-order chi connectivity index (χ0) is 13.9. The zero-order valence-corrected chi connectivity index (χ0v) is 12.8. The molecule has 3 atom stereocenters. The van der Waals surface area contributed by atoms with Crippen molar-refractivity contribution >= 4 is 5.82 Å². The van der Waals surface area contributed by atoms with Gasteiger partial charge in [-0.1, -0.05) is 25.8 Å². The smallest absolute Gasteiger partial charge is 0.133 e. The summed E-state index contributed by atoms with van der Waals surface area (Å²) in [5.41, 5.74) is 1.36. The summed E-state index contributed by atoms with van der Waals surface area (Å²) in [6, 6.07) is 5.44. The summed E-state index contributed by atoms with van der Waals surface area (Å²) in [7, 11) is 0. The van der Waals surface area contributed by atoms with E-state index < -0.39 is 0 Å². The Bertz CT molecular complexity index is 446. The fourth-order valence-electron chi connectivity index (χ4n) is 4.07. The second kappa shape index (κ2) is 6.13. The van der Waals surface area contributed by atoms with Crippen molar-refractivity contribution in [1.82, 2.24) is 10.3 Å². The van der Waals surface area contributed by atoms with Gasteiger partial charge in [0.05, 0.1) is 0 Å². The summed E-state index contributed by atoms with van der Waals surface area (Å²) >= 11 is 0. The van der Waals surface area contributed by atoms with E-state index in [1.165, 1.54) is 50.0 Å². The van der Waals surface area contributed by atoms with Gasteiger partial charge in [0.2, 0.25) is 0 Å². The number of fused-ring (bicyclic) bond motifs is 1. The molecule has 3 nitrogen and oxygen atoms in total. The van der Waals surface area contributed by atoms with E-state index in [9.17, 15) is 0 Å². The van der Waals surface area contributed by atoms with Crippen molar-refractivity contribution in [3.63, 3.8) is 0 Å². The van der Waals surface area contributed by atoms with E-state index in [0.29, 0.717) is 6.04 Å². The topological polar surface area (TPSA) is 28.2 Å². The fourth-order valence-corrected chi connectivity index (χ4v) is 4.07. The highest BCUT2D eigenvalue weighted by Crippen LogP contribution is 2.39. The van der Waals surface area contributed by atoms with Gasteiger partial charge in [-0.05, 0) is 44.7 Å². The van der Waals surface area contributed by atoms with Crippen LogP contribution in [0.5, 0.6) is 0 Å². The standard InChI is InChI=1S/C17H27N3/c1-3-18-13(2)15-8-6-11-19-17(15)20-12-10-14-7-4-5-9-16(14)20/h6,8,11,13-14,16,18H,3-5,7,9-10,12H2,1-2H3. The molecule has 1 aromatic rings. The largest absolute Gasteiger partial charge is 0.353 e. The number of hydrogen-bond acceptors (Lipinski definition) is 3. The van der Waals surface area contributed by atoms with Gasteiger partial charge in [0.25, 0.3) is 0 Å². The van der Waals surface area contributed by atoms with Crippen LogP contribution in [0.3, 0.4) is 0 Å². The molecule has 1 aromatic heterocycles. The SMILES string of the molecule is CCNC(C)c1cccnc1N1CCC2CCCCC21. The number of hydrogen-bond donors (Lipinski definition) is 1. The Morgan fingerprint density at radius 3 is 3.05 bits per heavy atom. The van der Waals surface area contributed by atoms with Gasteiger partial charge in [-0.2, -0.15) is 0 Å². The van der Waals surface area contributed by atoms with E-state index >= 15 is 0 Å². The molecule has 3 rings (SSSR count). The first-order valence-electron chi connectivity index (χ1n) is 8.26. The summed E-state index contributed by atoms with van der Waals surface area (Å²) < 4.78 is 0. The number of rotatable bonds is 4. The van der Waals surface area contributed by atoms with E-state index in [-0.39, 0.29) is 0 Å². The molecule has 110 valence electrons. The van der Waals surface area contributed by atoms with Crippen LogP contribution >= 0.6 is 0 Å². The molecule has 0 radical (unpaired) electrons. The maximum atomic E-state index is 4.74. The van der Waals surface area contributed by atoms with Gasteiger partial charge >= 0.3 is 0 Å². The summed E-state index contributed by atoms with van der Waals surface area (Å²) in [6.45, 7) is 6.61. The molecule has 20 heavy (non-hydrogen) atoms. The van der Waals surface area contributed by atoms with E-state index in [4.69, 9.17) is 4.98 Å². The molecule has 0 spiro atoms. The number of nitrogens with one attached hydrogen (secondary N) is 1. The normalized spacial score (nSPS) is 27.4. The maximum Gasteiger partial charge on any atom is 0.133 e. The Labute approximate surface area is 122 Å². The minimum atomic E-state index is 0.381. The highest BCUT2D eigenvalue weighted by atomic mass is 15.2. The van der Waals surface area contributed by atoms with Crippen molar-refractivity contribution in [2.75, 3.05) is 18.0 Å². The molecule has 1 aliphatic carbocycles. The third-order valence-corrected chi connectivity index (χ3v) is 5.08. The minimum absolute atomic E-state index is 0.381. The van der Waals surface area contributed by atoms with Crippen molar-refractivity contribution < 1.29 is 0 Å².